The minimum Gasteiger partial charge on any atom is -0.351 e. The third-order valence-electron chi connectivity index (χ3n) is 3.74. The predicted molar refractivity (Wildman–Crippen MR) is 76.5 cm³/mol. The standard InChI is InChI=1S/C15H23N3O/c16-10-13-6-8-18(9-7-13)12-15(19)17-11-14-4-2-1-3-5-14/h1-5,13H,6-12,16H2,(H,17,19). The van der Waals surface area contributed by atoms with Crippen molar-refractivity contribution in [3.63, 3.8) is 0 Å². The van der Waals surface area contributed by atoms with Gasteiger partial charge < -0.3 is 11.1 Å². The van der Waals surface area contributed by atoms with Gasteiger partial charge in [0.15, 0.2) is 0 Å². The molecule has 1 fully saturated rings. The zero-order valence-electron chi connectivity index (χ0n) is 11.3. The Morgan fingerprint density at radius 3 is 2.58 bits per heavy atom. The fraction of sp³-hybridized carbons (Fsp3) is 0.533. The first kappa shape index (κ1) is 14.0. The van der Waals surface area contributed by atoms with Crippen molar-refractivity contribution < 1.29 is 4.79 Å². The molecule has 1 aliphatic heterocycles. The number of hydrogen-bond donors (Lipinski definition) is 2. The van der Waals surface area contributed by atoms with Crippen molar-refractivity contribution in [1.29, 1.82) is 0 Å². The number of nitrogens with zero attached hydrogens (tertiary/aromatic N) is 1. The fourth-order valence-electron chi connectivity index (χ4n) is 2.44. The van der Waals surface area contributed by atoms with E-state index in [0.717, 1.165) is 38.0 Å². The van der Waals surface area contributed by atoms with Crippen molar-refractivity contribution in [3.8, 4) is 0 Å². The number of hydrogen-bond acceptors (Lipinski definition) is 3. The second-order valence-electron chi connectivity index (χ2n) is 5.22. The Morgan fingerprint density at radius 1 is 1.26 bits per heavy atom. The van der Waals surface area contributed by atoms with E-state index in [4.69, 9.17) is 5.73 Å². The smallest absolute Gasteiger partial charge is 0.234 e. The summed E-state index contributed by atoms with van der Waals surface area (Å²) in [5.74, 6) is 0.749. The van der Waals surface area contributed by atoms with E-state index in [0.29, 0.717) is 19.0 Å². The molecule has 0 radical (unpaired) electrons. The Labute approximate surface area is 115 Å². The molecule has 0 unspecified atom stereocenters. The van der Waals surface area contributed by atoms with Crippen LogP contribution in [-0.2, 0) is 11.3 Å². The second-order valence-corrected chi connectivity index (χ2v) is 5.22. The van der Waals surface area contributed by atoms with Crippen molar-refractivity contribution in [2.75, 3.05) is 26.2 Å². The number of benzene rings is 1. The molecular weight excluding hydrogens is 238 g/mol. The van der Waals surface area contributed by atoms with Crippen LogP contribution in [0, 0.1) is 5.92 Å². The van der Waals surface area contributed by atoms with Crippen LogP contribution in [0.15, 0.2) is 30.3 Å². The van der Waals surface area contributed by atoms with Crippen molar-refractivity contribution in [3.05, 3.63) is 35.9 Å². The van der Waals surface area contributed by atoms with E-state index >= 15 is 0 Å². The third-order valence-corrected chi connectivity index (χ3v) is 3.74. The van der Waals surface area contributed by atoms with Gasteiger partial charge in [0.05, 0.1) is 6.54 Å². The summed E-state index contributed by atoms with van der Waals surface area (Å²) in [6.45, 7) is 3.86. The molecule has 1 aromatic rings. The molecule has 0 aliphatic carbocycles. The number of amides is 1. The molecule has 1 heterocycles. The number of nitrogens with two attached hydrogens (primary N) is 1. The predicted octanol–water partition coefficient (Wildman–Crippen LogP) is 0.974. The molecule has 0 spiro atoms. The lowest BCUT2D eigenvalue weighted by atomic mass is 9.97. The van der Waals surface area contributed by atoms with E-state index in [2.05, 4.69) is 10.2 Å². The Balaban J connectivity index is 1.67. The average molecular weight is 261 g/mol. The lowest BCUT2D eigenvalue weighted by Gasteiger charge is -2.30. The number of rotatable bonds is 5. The van der Waals surface area contributed by atoms with Crippen LogP contribution in [0.2, 0.25) is 0 Å². The van der Waals surface area contributed by atoms with Gasteiger partial charge in [0, 0.05) is 6.54 Å². The van der Waals surface area contributed by atoms with Crippen LogP contribution in [0.3, 0.4) is 0 Å². The maximum absolute atomic E-state index is 11.9. The van der Waals surface area contributed by atoms with E-state index in [-0.39, 0.29) is 5.91 Å². The highest BCUT2D eigenvalue weighted by atomic mass is 16.2. The van der Waals surface area contributed by atoms with Gasteiger partial charge in [-0.25, -0.2) is 0 Å². The van der Waals surface area contributed by atoms with Gasteiger partial charge >= 0.3 is 0 Å². The lowest BCUT2D eigenvalue weighted by molar-refractivity contribution is -0.122. The fourth-order valence-corrected chi connectivity index (χ4v) is 2.44. The molecule has 0 bridgehead atoms. The van der Waals surface area contributed by atoms with Gasteiger partial charge in [0.25, 0.3) is 0 Å². The van der Waals surface area contributed by atoms with Gasteiger partial charge in [-0.2, -0.15) is 0 Å². The molecule has 2 rings (SSSR count). The van der Waals surface area contributed by atoms with Crippen LogP contribution in [0.25, 0.3) is 0 Å². The van der Waals surface area contributed by atoms with Gasteiger partial charge in [-0.3, -0.25) is 9.69 Å². The summed E-state index contributed by atoms with van der Waals surface area (Å²) >= 11 is 0. The monoisotopic (exact) mass is 261 g/mol. The first-order chi connectivity index (χ1) is 9.28. The maximum Gasteiger partial charge on any atom is 0.234 e. The van der Waals surface area contributed by atoms with Gasteiger partial charge in [-0.15, -0.1) is 0 Å². The number of piperidine rings is 1. The topological polar surface area (TPSA) is 58.4 Å². The second kappa shape index (κ2) is 7.26. The summed E-state index contributed by atoms with van der Waals surface area (Å²) in [5, 5.41) is 2.97. The van der Waals surface area contributed by atoms with Crippen LogP contribution in [-0.4, -0.2) is 37.0 Å². The van der Waals surface area contributed by atoms with Crippen molar-refractivity contribution >= 4 is 5.91 Å². The summed E-state index contributed by atoms with van der Waals surface area (Å²) < 4.78 is 0. The SMILES string of the molecule is NCC1CCN(CC(=O)NCc2ccccc2)CC1. The van der Waals surface area contributed by atoms with E-state index in [9.17, 15) is 4.79 Å². The summed E-state index contributed by atoms with van der Waals surface area (Å²) in [6, 6.07) is 9.99. The molecule has 1 aromatic carbocycles. The number of nitrogens with one attached hydrogen (secondary N) is 1. The third kappa shape index (κ3) is 4.65. The Kier molecular flexibility index (Phi) is 5.36. The summed E-state index contributed by atoms with van der Waals surface area (Å²) in [6.07, 6.45) is 2.23. The van der Waals surface area contributed by atoms with Crippen LogP contribution >= 0.6 is 0 Å². The van der Waals surface area contributed by atoms with Crippen molar-refractivity contribution in [1.82, 2.24) is 10.2 Å². The Morgan fingerprint density at radius 2 is 1.95 bits per heavy atom. The summed E-state index contributed by atoms with van der Waals surface area (Å²) in [4.78, 5) is 14.1. The van der Waals surface area contributed by atoms with Crippen LogP contribution in [0.1, 0.15) is 18.4 Å². The Hall–Kier alpha value is -1.39. The van der Waals surface area contributed by atoms with Crippen LogP contribution < -0.4 is 11.1 Å². The molecule has 1 amide bonds. The van der Waals surface area contributed by atoms with Gasteiger partial charge in [-0.1, -0.05) is 30.3 Å². The lowest BCUT2D eigenvalue weighted by Crippen LogP contribution is -2.42. The first-order valence-corrected chi connectivity index (χ1v) is 7.01. The molecular formula is C15H23N3O. The van der Waals surface area contributed by atoms with Gasteiger partial charge in [0.2, 0.25) is 5.91 Å². The molecule has 3 N–H and O–H groups in total. The number of carbonyl (C=O) groups excluding carboxylic acids is 1. The minimum atomic E-state index is 0.107. The van der Waals surface area contributed by atoms with E-state index in [1.807, 2.05) is 30.3 Å². The zero-order valence-corrected chi connectivity index (χ0v) is 11.3. The molecule has 4 nitrogen and oxygen atoms in total. The molecule has 4 heteroatoms. The van der Waals surface area contributed by atoms with Gasteiger partial charge in [-0.05, 0) is 44.0 Å². The highest BCUT2D eigenvalue weighted by Gasteiger charge is 2.19. The average Bonchev–Trinajstić information content (AvgIpc) is 2.47. The van der Waals surface area contributed by atoms with E-state index in [1.165, 1.54) is 0 Å². The highest BCUT2D eigenvalue weighted by molar-refractivity contribution is 5.78. The largest absolute Gasteiger partial charge is 0.351 e. The maximum atomic E-state index is 11.9. The highest BCUT2D eigenvalue weighted by Crippen LogP contribution is 2.15. The number of carbonyl (C=O) groups is 1. The molecule has 0 aromatic heterocycles. The summed E-state index contributed by atoms with van der Waals surface area (Å²) in [7, 11) is 0. The first-order valence-electron chi connectivity index (χ1n) is 7.01. The van der Waals surface area contributed by atoms with Crippen LogP contribution in [0.4, 0.5) is 0 Å². The number of likely N-dealkylation sites (tertiary alicyclic amines) is 1. The minimum absolute atomic E-state index is 0.107. The van der Waals surface area contributed by atoms with Gasteiger partial charge in [0.1, 0.15) is 0 Å². The Bertz CT molecular complexity index is 386. The normalized spacial score (nSPS) is 17.3. The van der Waals surface area contributed by atoms with E-state index in [1.54, 1.807) is 0 Å². The molecule has 1 aliphatic rings. The molecule has 0 saturated carbocycles. The van der Waals surface area contributed by atoms with Crippen LogP contribution in [0.5, 0.6) is 0 Å². The molecule has 104 valence electrons. The molecule has 1 saturated heterocycles. The summed E-state index contributed by atoms with van der Waals surface area (Å²) in [5.41, 5.74) is 6.80. The van der Waals surface area contributed by atoms with Crippen molar-refractivity contribution in [2.45, 2.75) is 19.4 Å². The molecule has 19 heavy (non-hydrogen) atoms. The quantitative estimate of drug-likeness (QED) is 0.830. The van der Waals surface area contributed by atoms with E-state index < -0.39 is 0 Å². The van der Waals surface area contributed by atoms with Crippen molar-refractivity contribution in [2.24, 2.45) is 11.7 Å². The zero-order chi connectivity index (χ0) is 13.5. The molecule has 0 atom stereocenters.